The van der Waals surface area contributed by atoms with Gasteiger partial charge in [-0.1, -0.05) is 47.1 Å². The van der Waals surface area contributed by atoms with Gasteiger partial charge in [-0.05, 0) is 29.5 Å². The fraction of sp³-hybridized carbons (Fsp3) is 0.273. The summed E-state index contributed by atoms with van der Waals surface area (Å²) in [6.45, 7) is 2.27. The maximum atomic E-state index is 3.56. The molecule has 0 radical (unpaired) electrons. The van der Waals surface area contributed by atoms with Crippen molar-refractivity contribution < 1.29 is 0 Å². The van der Waals surface area contributed by atoms with Crippen molar-refractivity contribution in [3.8, 4) is 0 Å². The van der Waals surface area contributed by atoms with E-state index in [1.54, 1.807) is 0 Å². The number of fused-ring (bicyclic) bond motifs is 1. The Hall–Kier alpha value is -0.560. The molecule has 1 unspecified atom stereocenters. The van der Waals surface area contributed by atoms with Gasteiger partial charge in [-0.2, -0.15) is 0 Å². The molecule has 1 heteroatoms. The summed E-state index contributed by atoms with van der Waals surface area (Å²) in [6, 6.07) is 6.42. The number of hydrogen-bond acceptors (Lipinski definition) is 0. The van der Waals surface area contributed by atoms with E-state index in [-0.39, 0.29) is 0 Å². The van der Waals surface area contributed by atoms with Crippen LogP contribution < -0.4 is 0 Å². The molecular formula is C11H11Br. The Labute approximate surface area is 81.4 Å². The maximum Gasteiger partial charge on any atom is 0.0250 e. The molecule has 0 amide bonds. The first kappa shape index (κ1) is 8.06. The smallest absolute Gasteiger partial charge is 0.0250 e. The van der Waals surface area contributed by atoms with Gasteiger partial charge >= 0.3 is 0 Å². The predicted molar refractivity (Wildman–Crippen MR) is 56.2 cm³/mol. The molecule has 0 N–H and O–H groups in total. The zero-order valence-electron chi connectivity index (χ0n) is 7.05. The van der Waals surface area contributed by atoms with Crippen LogP contribution in [0.4, 0.5) is 0 Å². The summed E-state index contributed by atoms with van der Waals surface area (Å²) in [7, 11) is 0. The molecule has 0 bridgehead atoms. The number of allylic oxidation sites excluding steroid dienone is 1. The summed E-state index contributed by atoms with van der Waals surface area (Å²) in [6.07, 6.45) is 5.63. The molecule has 2 rings (SSSR count). The fourth-order valence-corrected chi connectivity index (χ4v) is 2.19. The molecule has 1 aromatic carbocycles. The van der Waals surface area contributed by atoms with E-state index in [0.29, 0.717) is 5.92 Å². The second kappa shape index (κ2) is 3.06. The predicted octanol–water partition coefficient (Wildman–Crippen LogP) is 3.97. The Morgan fingerprint density at radius 1 is 1.42 bits per heavy atom. The van der Waals surface area contributed by atoms with Crippen molar-refractivity contribution in [3.63, 3.8) is 0 Å². The van der Waals surface area contributed by atoms with Gasteiger partial charge < -0.3 is 0 Å². The summed E-state index contributed by atoms with van der Waals surface area (Å²) in [5, 5.41) is 0. The van der Waals surface area contributed by atoms with Gasteiger partial charge in [0.25, 0.3) is 0 Å². The Bertz CT molecular complexity index is 326. The van der Waals surface area contributed by atoms with E-state index < -0.39 is 0 Å². The third-order valence-corrected chi connectivity index (χ3v) is 3.08. The van der Waals surface area contributed by atoms with Crippen LogP contribution in [-0.2, 0) is 0 Å². The second-order valence-corrected chi connectivity index (χ2v) is 4.14. The average Bonchev–Trinajstić information content (AvgIpc) is 2.07. The lowest BCUT2D eigenvalue weighted by molar-refractivity contribution is 0.771. The van der Waals surface area contributed by atoms with Crippen molar-refractivity contribution >= 4 is 22.0 Å². The summed E-state index contributed by atoms with van der Waals surface area (Å²) >= 11 is 3.56. The van der Waals surface area contributed by atoms with E-state index in [1.165, 1.54) is 22.0 Å². The molecule has 0 fully saturated rings. The Morgan fingerprint density at radius 3 is 3.00 bits per heavy atom. The van der Waals surface area contributed by atoms with Crippen molar-refractivity contribution in [3.05, 3.63) is 39.9 Å². The second-order valence-electron chi connectivity index (χ2n) is 3.28. The number of benzene rings is 1. The van der Waals surface area contributed by atoms with Gasteiger partial charge in [-0.25, -0.2) is 0 Å². The van der Waals surface area contributed by atoms with E-state index in [9.17, 15) is 0 Å². The highest BCUT2D eigenvalue weighted by Crippen LogP contribution is 2.33. The Kier molecular flexibility index (Phi) is 2.05. The molecule has 0 saturated heterocycles. The first-order chi connectivity index (χ1) is 5.79. The minimum atomic E-state index is 0.669. The molecule has 0 spiro atoms. The molecule has 1 atom stereocenters. The van der Waals surface area contributed by atoms with Crippen LogP contribution in [0.5, 0.6) is 0 Å². The van der Waals surface area contributed by atoms with E-state index in [1.807, 2.05) is 0 Å². The first-order valence-electron chi connectivity index (χ1n) is 4.24. The quantitative estimate of drug-likeness (QED) is 0.624. The molecular weight excluding hydrogens is 212 g/mol. The van der Waals surface area contributed by atoms with Gasteiger partial charge in [0.1, 0.15) is 0 Å². The standard InChI is InChI=1S/C11H11Br/c1-8-4-2-6-10-9(8)5-3-7-11(10)12/h2-3,5-8H,4H2,1H3. The topological polar surface area (TPSA) is 0 Å². The monoisotopic (exact) mass is 222 g/mol. The molecule has 0 heterocycles. The minimum Gasteiger partial charge on any atom is -0.0833 e. The highest BCUT2D eigenvalue weighted by Gasteiger charge is 2.13. The van der Waals surface area contributed by atoms with Gasteiger partial charge in [0, 0.05) is 4.47 Å². The summed E-state index contributed by atoms with van der Waals surface area (Å²) < 4.78 is 1.21. The summed E-state index contributed by atoms with van der Waals surface area (Å²) in [5.74, 6) is 0.669. The normalized spacial score (nSPS) is 20.7. The average molecular weight is 223 g/mol. The molecule has 1 aliphatic carbocycles. The van der Waals surface area contributed by atoms with Crippen LogP contribution in [0.2, 0.25) is 0 Å². The zero-order chi connectivity index (χ0) is 8.55. The SMILES string of the molecule is CC1CC=Cc2c(Br)cccc21. The summed E-state index contributed by atoms with van der Waals surface area (Å²) in [5.41, 5.74) is 2.82. The Morgan fingerprint density at radius 2 is 2.25 bits per heavy atom. The minimum absolute atomic E-state index is 0.669. The van der Waals surface area contributed by atoms with Gasteiger partial charge in [-0.3, -0.25) is 0 Å². The van der Waals surface area contributed by atoms with Crippen LogP contribution >= 0.6 is 15.9 Å². The molecule has 1 aliphatic rings. The van der Waals surface area contributed by atoms with Crippen LogP contribution in [0.25, 0.3) is 6.08 Å². The van der Waals surface area contributed by atoms with Crippen LogP contribution in [0, 0.1) is 0 Å². The lowest BCUT2D eigenvalue weighted by Crippen LogP contribution is -1.99. The van der Waals surface area contributed by atoms with Gasteiger partial charge in [0.15, 0.2) is 0 Å². The third-order valence-electron chi connectivity index (χ3n) is 2.39. The molecule has 12 heavy (non-hydrogen) atoms. The van der Waals surface area contributed by atoms with E-state index >= 15 is 0 Å². The Balaban J connectivity index is 2.61. The number of rotatable bonds is 0. The van der Waals surface area contributed by atoms with E-state index in [2.05, 4.69) is 53.2 Å². The lowest BCUT2D eigenvalue weighted by atomic mass is 9.89. The van der Waals surface area contributed by atoms with Gasteiger partial charge in [0.05, 0.1) is 0 Å². The summed E-state index contributed by atoms with van der Waals surface area (Å²) in [4.78, 5) is 0. The highest BCUT2D eigenvalue weighted by molar-refractivity contribution is 9.10. The van der Waals surface area contributed by atoms with Crippen LogP contribution in [0.1, 0.15) is 30.4 Å². The molecule has 0 nitrogen and oxygen atoms in total. The van der Waals surface area contributed by atoms with Crippen molar-refractivity contribution in [2.45, 2.75) is 19.3 Å². The lowest BCUT2D eigenvalue weighted by Gasteiger charge is -2.18. The van der Waals surface area contributed by atoms with Crippen molar-refractivity contribution in [1.82, 2.24) is 0 Å². The van der Waals surface area contributed by atoms with Gasteiger partial charge in [-0.15, -0.1) is 0 Å². The molecule has 0 saturated carbocycles. The molecule has 0 aromatic heterocycles. The van der Waals surface area contributed by atoms with E-state index in [0.717, 1.165) is 0 Å². The van der Waals surface area contributed by atoms with Gasteiger partial charge in [0.2, 0.25) is 0 Å². The van der Waals surface area contributed by atoms with Crippen molar-refractivity contribution in [2.24, 2.45) is 0 Å². The van der Waals surface area contributed by atoms with Crippen LogP contribution in [-0.4, -0.2) is 0 Å². The van der Waals surface area contributed by atoms with E-state index in [4.69, 9.17) is 0 Å². The fourth-order valence-electron chi connectivity index (χ4n) is 1.68. The van der Waals surface area contributed by atoms with Crippen LogP contribution in [0.3, 0.4) is 0 Å². The number of halogens is 1. The number of hydrogen-bond donors (Lipinski definition) is 0. The third kappa shape index (κ3) is 1.22. The molecule has 1 aromatic rings. The van der Waals surface area contributed by atoms with Crippen molar-refractivity contribution in [2.75, 3.05) is 0 Å². The van der Waals surface area contributed by atoms with Crippen LogP contribution in [0.15, 0.2) is 28.7 Å². The zero-order valence-corrected chi connectivity index (χ0v) is 8.64. The first-order valence-corrected chi connectivity index (χ1v) is 5.03. The molecule has 0 aliphatic heterocycles. The largest absolute Gasteiger partial charge is 0.0833 e. The highest BCUT2D eigenvalue weighted by atomic mass is 79.9. The molecule has 62 valence electrons. The maximum absolute atomic E-state index is 3.56. The van der Waals surface area contributed by atoms with Crippen molar-refractivity contribution in [1.29, 1.82) is 0 Å².